The second-order valence-electron chi connectivity index (χ2n) is 6.32. The summed E-state index contributed by atoms with van der Waals surface area (Å²) < 4.78 is 36.3. The highest BCUT2D eigenvalue weighted by Gasteiger charge is 2.46. The molecule has 1 atom stereocenters. The lowest BCUT2D eigenvalue weighted by atomic mass is 9.97. The highest BCUT2D eigenvalue weighted by atomic mass is 35.5. The number of hydrogen-bond acceptors (Lipinski definition) is 4. The van der Waals surface area contributed by atoms with Crippen molar-refractivity contribution in [3.63, 3.8) is 0 Å². The summed E-state index contributed by atoms with van der Waals surface area (Å²) in [5, 5.41) is 3.34. The fraction of sp³-hybridized carbons (Fsp3) is 0.625. The van der Waals surface area contributed by atoms with Crippen LogP contribution in [0.5, 0.6) is 11.5 Å². The lowest BCUT2D eigenvalue weighted by molar-refractivity contribution is -0.287. The Hall–Kier alpha value is -0.820. The first-order valence-corrected chi connectivity index (χ1v) is 7.96. The first-order valence-electron chi connectivity index (χ1n) is 7.96. The summed E-state index contributed by atoms with van der Waals surface area (Å²) in [5.74, 6) is 1.08. The van der Waals surface area contributed by atoms with Gasteiger partial charge in [-0.05, 0) is 18.4 Å². The molecule has 8 heteroatoms. The Kier molecular flexibility index (Phi) is 6.18. The van der Waals surface area contributed by atoms with Crippen LogP contribution in [0.4, 0.5) is 8.78 Å². The van der Waals surface area contributed by atoms with Crippen LogP contribution >= 0.6 is 24.8 Å². The van der Waals surface area contributed by atoms with E-state index >= 15 is 0 Å². The number of piperazine rings is 1. The van der Waals surface area contributed by atoms with Crippen LogP contribution in [0.25, 0.3) is 0 Å². The summed E-state index contributed by atoms with van der Waals surface area (Å²) in [6.07, 6.45) is -0.0618. The Bertz CT molecular complexity index is 567. The number of hydrogen-bond donors (Lipinski definition) is 1. The minimum Gasteiger partial charge on any atom is -0.395 e. The largest absolute Gasteiger partial charge is 0.586 e. The quantitative estimate of drug-likeness (QED) is 0.862. The minimum absolute atomic E-state index is 0. The minimum atomic E-state index is -3.55. The molecule has 1 aromatic carbocycles. The van der Waals surface area contributed by atoms with Crippen LogP contribution in [0.1, 0.15) is 30.9 Å². The summed E-state index contributed by atoms with van der Waals surface area (Å²) in [6, 6.07) is 5.35. The molecular weight excluding hydrogens is 361 g/mol. The van der Waals surface area contributed by atoms with Gasteiger partial charge in [0.2, 0.25) is 0 Å². The number of ether oxygens (including phenoxy) is 2. The van der Waals surface area contributed by atoms with E-state index in [1.165, 1.54) is 12.8 Å². The average molecular weight is 383 g/mol. The predicted molar refractivity (Wildman–Crippen MR) is 91.7 cm³/mol. The summed E-state index contributed by atoms with van der Waals surface area (Å²) in [6.45, 7) is 3.73. The third kappa shape index (κ3) is 4.04. The average Bonchev–Trinajstić information content (AvgIpc) is 3.26. The molecule has 0 unspecified atom stereocenters. The molecule has 136 valence electrons. The highest BCUT2D eigenvalue weighted by molar-refractivity contribution is 5.85. The van der Waals surface area contributed by atoms with Crippen molar-refractivity contribution in [2.24, 2.45) is 5.92 Å². The molecule has 1 saturated heterocycles. The van der Waals surface area contributed by atoms with Gasteiger partial charge in [0.1, 0.15) is 0 Å². The van der Waals surface area contributed by atoms with Crippen molar-refractivity contribution in [2.75, 3.05) is 26.2 Å². The van der Waals surface area contributed by atoms with Crippen molar-refractivity contribution in [1.29, 1.82) is 0 Å². The van der Waals surface area contributed by atoms with Gasteiger partial charge in [0.25, 0.3) is 0 Å². The van der Waals surface area contributed by atoms with Crippen LogP contribution in [0.3, 0.4) is 0 Å². The van der Waals surface area contributed by atoms with E-state index < -0.39 is 6.29 Å². The first kappa shape index (κ1) is 19.5. The summed E-state index contributed by atoms with van der Waals surface area (Å²) in [4.78, 5) is 2.38. The van der Waals surface area contributed by atoms with Crippen LogP contribution in [-0.2, 0) is 0 Å². The van der Waals surface area contributed by atoms with Gasteiger partial charge >= 0.3 is 6.29 Å². The highest BCUT2D eigenvalue weighted by Crippen LogP contribution is 2.49. The van der Waals surface area contributed by atoms with Gasteiger partial charge in [0.05, 0.1) is 0 Å². The normalized spacial score (nSPS) is 23.1. The Labute approximate surface area is 152 Å². The van der Waals surface area contributed by atoms with Crippen molar-refractivity contribution in [1.82, 2.24) is 10.2 Å². The molecule has 0 aromatic heterocycles. The number of alkyl halides is 2. The van der Waals surface area contributed by atoms with Crippen LogP contribution in [-0.4, -0.2) is 37.4 Å². The number of halogens is 4. The summed E-state index contributed by atoms with van der Waals surface area (Å²) in [5.41, 5.74) is 0.837. The van der Waals surface area contributed by atoms with E-state index in [2.05, 4.69) is 15.0 Å². The second-order valence-corrected chi connectivity index (χ2v) is 6.32. The van der Waals surface area contributed by atoms with Crippen molar-refractivity contribution >= 4 is 24.8 Å². The van der Waals surface area contributed by atoms with E-state index in [-0.39, 0.29) is 42.4 Å². The number of para-hydroxylation sites is 1. The molecule has 24 heavy (non-hydrogen) atoms. The van der Waals surface area contributed by atoms with Gasteiger partial charge in [0, 0.05) is 37.8 Å². The van der Waals surface area contributed by atoms with Gasteiger partial charge in [-0.15, -0.1) is 33.6 Å². The molecule has 0 amide bonds. The van der Waals surface area contributed by atoms with E-state index in [9.17, 15) is 8.78 Å². The van der Waals surface area contributed by atoms with Gasteiger partial charge < -0.3 is 14.8 Å². The first-order chi connectivity index (χ1) is 10.6. The van der Waals surface area contributed by atoms with E-state index in [4.69, 9.17) is 4.74 Å². The van der Waals surface area contributed by atoms with E-state index in [1.807, 2.05) is 6.07 Å². The predicted octanol–water partition coefficient (Wildman–Crippen LogP) is 3.60. The van der Waals surface area contributed by atoms with E-state index in [1.54, 1.807) is 12.1 Å². The fourth-order valence-electron chi connectivity index (χ4n) is 3.39. The van der Waals surface area contributed by atoms with Gasteiger partial charge in [-0.25, -0.2) is 0 Å². The number of fused-ring (bicyclic) bond motifs is 1. The second kappa shape index (κ2) is 7.60. The van der Waals surface area contributed by atoms with Crippen molar-refractivity contribution in [3.05, 3.63) is 23.8 Å². The zero-order valence-electron chi connectivity index (χ0n) is 13.2. The number of benzene rings is 1. The lowest BCUT2D eigenvalue weighted by Crippen LogP contribution is -2.45. The topological polar surface area (TPSA) is 33.7 Å². The molecule has 1 saturated carbocycles. The Morgan fingerprint density at radius 1 is 1.17 bits per heavy atom. The maximum Gasteiger partial charge on any atom is 0.586 e. The van der Waals surface area contributed by atoms with Crippen LogP contribution in [0.2, 0.25) is 0 Å². The van der Waals surface area contributed by atoms with Crippen LogP contribution in [0.15, 0.2) is 18.2 Å². The number of nitrogens with zero attached hydrogens (tertiary/aromatic N) is 1. The molecule has 0 spiro atoms. The zero-order valence-corrected chi connectivity index (χ0v) is 14.8. The monoisotopic (exact) mass is 382 g/mol. The summed E-state index contributed by atoms with van der Waals surface area (Å²) in [7, 11) is 0. The third-order valence-electron chi connectivity index (χ3n) is 4.66. The molecule has 4 nitrogen and oxygen atoms in total. The molecule has 1 N–H and O–H groups in total. The van der Waals surface area contributed by atoms with Gasteiger partial charge in [0.15, 0.2) is 11.5 Å². The molecule has 1 aromatic rings. The molecule has 0 bridgehead atoms. The smallest absolute Gasteiger partial charge is 0.395 e. The zero-order chi connectivity index (χ0) is 15.2. The Balaban J connectivity index is 0.00000104. The molecule has 0 radical (unpaired) electrons. The molecule has 1 aliphatic carbocycles. The molecule has 2 fully saturated rings. The standard InChI is InChI=1S/C16H20F2N2O2.2ClH/c17-16(18)21-14-3-1-2-12(15(14)22-16)13(10-11-4-5-11)20-8-6-19-7-9-20;;/h1-3,11,13,19H,4-10H2;2*1H/t13-;;/m1../s1. The molecule has 2 heterocycles. The van der Waals surface area contributed by atoms with Gasteiger partial charge in [-0.1, -0.05) is 25.0 Å². The number of rotatable bonds is 4. The maximum atomic E-state index is 13.4. The van der Waals surface area contributed by atoms with E-state index in [0.29, 0.717) is 5.92 Å². The van der Waals surface area contributed by atoms with Crippen molar-refractivity contribution in [3.8, 4) is 11.5 Å². The number of nitrogens with one attached hydrogen (secondary N) is 1. The Morgan fingerprint density at radius 2 is 1.88 bits per heavy atom. The lowest BCUT2D eigenvalue weighted by Gasteiger charge is -2.35. The Morgan fingerprint density at radius 3 is 2.54 bits per heavy atom. The van der Waals surface area contributed by atoms with Crippen molar-refractivity contribution in [2.45, 2.75) is 31.6 Å². The van der Waals surface area contributed by atoms with Gasteiger partial charge in [-0.2, -0.15) is 0 Å². The molecular formula is C16H22Cl2F2N2O2. The fourth-order valence-corrected chi connectivity index (χ4v) is 3.39. The van der Waals surface area contributed by atoms with E-state index in [0.717, 1.165) is 38.2 Å². The van der Waals surface area contributed by atoms with Gasteiger partial charge in [-0.3, -0.25) is 4.90 Å². The third-order valence-corrected chi connectivity index (χ3v) is 4.66. The molecule has 3 aliphatic rings. The molecule has 2 aliphatic heterocycles. The van der Waals surface area contributed by atoms with Crippen LogP contribution in [0, 0.1) is 5.92 Å². The van der Waals surface area contributed by atoms with Crippen molar-refractivity contribution < 1.29 is 18.3 Å². The molecule has 4 rings (SSSR count). The SMILES string of the molecule is Cl.Cl.FC1(F)Oc2cccc([C@@H](CC3CC3)N3CCNCC3)c2O1. The maximum absolute atomic E-state index is 13.4. The van der Waals surface area contributed by atoms with Crippen LogP contribution < -0.4 is 14.8 Å². The summed E-state index contributed by atoms with van der Waals surface area (Å²) >= 11 is 0.